The van der Waals surface area contributed by atoms with E-state index in [-0.39, 0.29) is 5.69 Å². The maximum absolute atomic E-state index is 13.6. The number of nitrogens with two attached hydrogens (primary N) is 1. The molecule has 0 saturated carbocycles. The smallest absolute Gasteiger partial charge is 0.258 e. The van der Waals surface area contributed by atoms with E-state index < -0.39 is 34.7 Å². The molecule has 1 amide bonds. The molecule has 0 saturated heterocycles. The fourth-order valence-corrected chi connectivity index (χ4v) is 1.94. The van der Waals surface area contributed by atoms with Crippen LogP contribution in [0.5, 0.6) is 5.75 Å². The fraction of sp³-hybridized carbons (Fsp3) is 0. The average Bonchev–Trinajstić information content (AvgIpc) is 2.44. The lowest BCUT2D eigenvalue weighted by Crippen LogP contribution is -2.15. The highest BCUT2D eigenvalue weighted by atomic mass is 79.9. The molecule has 0 aromatic heterocycles. The van der Waals surface area contributed by atoms with E-state index in [2.05, 4.69) is 21.2 Å². The zero-order valence-corrected chi connectivity index (χ0v) is 11.8. The van der Waals surface area contributed by atoms with E-state index in [4.69, 9.17) is 10.8 Å². The second-order valence-corrected chi connectivity index (χ2v) is 4.93. The van der Waals surface area contributed by atoms with Gasteiger partial charge in [0, 0.05) is 15.8 Å². The van der Waals surface area contributed by atoms with E-state index in [1.54, 1.807) is 0 Å². The summed E-state index contributed by atoms with van der Waals surface area (Å²) in [7, 11) is 0. The molecule has 0 aliphatic carbocycles. The molecule has 2 aromatic carbocycles. The van der Waals surface area contributed by atoms with Crippen LogP contribution in [0.3, 0.4) is 0 Å². The molecule has 110 valence electrons. The summed E-state index contributed by atoms with van der Waals surface area (Å²) in [5, 5.41) is 11.3. The Kier molecular flexibility index (Phi) is 4.08. The third-order valence-corrected chi connectivity index (χ3v) is 3.32. The number of aromatic hydroxyl groups is 1. The van der Waals surface area contributed by atoms with Crippen molar-refractivity contribution in [1.29, 1.82) is 0 Å². The monoisotopic (exact) mass is 360 g/mol. The molecule has 0 radical (unpaired) electrons. The van der Waals surface area contributed by atoms with Crippen LogP contribution in [0.15, 0.2) is 28.7 Å². The van der Waals surface area contributed by atoms with E-state index in [0.29, 0.717) is 16.2 Å². The van der Waals surface area contributed by atoms with Gasteiger partial charge in [0.05, 0.1) is 5.56 Å². The lowest BCUT2D eigenvalue weighted by atomic mass is 10.1. The van der Waals surface area contributed by atoms with E-state index in [1.807, 2.05) is 0 Å². The molecule has 4 nitrogen and oxygen atoms in total. The Bertz CT molecular complexity index is 738. The van der Waals surface area contributed by atoms with Crippen LogP contribution in [0.2, 0.25) is 0 Å². The third-order valence-electron chi connectivity index (χ3n) is 2.64. The molecule has 4 N–H and O–H groups in total. The van der Waals surface area contributed by atoms with Crippen molar-refractivity contribution in [3.8, 4) is 5.75 Å². The third kappa shape index (κ3) is 2.94. The SMILES string of the molecule is Nc1ccc(NC(=O)c2cc(F)c(F)c(O)c2F)cc1Br. The largest absolute Gasteiger partial charge is 0.503 e. The predicted octanol–water partition coefficient (Wildman–Crippen LogP) is 3.41. The zero-order valence-electron chi connectivity index (χ0n) is 10.3. The molecule has 21 heavy (non-hydrogen) atoms. The summed E-state index contributed by atoms with van der Waals surface area (Å²) in [6.45, 7) is 0. The summed E-state index contributed by atoms with van der Waals surface area (Å²) in [5.41, 5.74) is 5.42. The summed E-state index contributed by atoms with van der Waals surface area (Å²) in [5.74, 6) is -7.41. The number of amides is 1. The number of halogens is 4. The number of phenolic OH excluding ortho intramolecular Hbond substituents is 1. The van der Waals surface area contributed by atoms with Crippen LogP contribution in [-0.2, 0) is 0 Å². The minimum Gasteiger partial charge on any atom is -0.503 e. The van der Waals surface area contributed by atoms with Crippen molar-refractivity contribution in [2.45, 2.75) is 0 Å². The molecule has 2 aromatic rings. The van der Waals surface area contributed by atoms with Gasteiger partial charge in [0.25, 0.3) is 5.91 Å². The topological polar surface area (TPSA) is 75.3 Å². The van der Waals surface area contributed by atoms with Crippen molar-refractivity contribution >= 4 is 33.2 Å². The van der Waals surface area contributed by atoms with Gasteiger partial charge in [-0.1, -0.05) is 0 Å². The number of nitrogens with one attached hydrogen (secondary N) is 1. The van der Waals surface area contributed by atoms with E-state index in [0.717, 1.165) is 0 Å². The summed E-state index contributed by atoms with van der Waals surface area (Å²) < 4.78 is 40.2. The lowest BCUT2D eigenvalue weighted by Gasteiger charge is -2.09. The molecular weight excluding hydrogens is 353 g/mol. The number of phenols is 1. The summed E-state index contributed by atoms with van der Waals surface area (Å²) in [6.07, 6.45) is 0. The summed E-state index contributed by atoms with van der Waals surface area (Å²) in [6, 6.07) is 4.74. The molecule has 0 bridgehead atoms. The molecule has 8 heteroatoms. The van der Waals surface area contributed by atoms with Gasteiger partial charge in [0.1, 0.15) is 0 Å². The van der Waals surface area contributed by atoms with E-state index in [1.165, 1.54) is 18.2 Å². The van der Waals surface area contributed by atoms with Crippen LogP contribution in [0.1, 0.15) is 10.4 Å². The van der Waals surface area contributed by atoms with Gasteiger partial charge in [-0.3, -0.25) is 4.79 Å². The first-order chi connectivity index (χ1) is 9.81. The van der Waals surface area contributed by atoms with Crippen molar-refractivity contribution in [3.05, 3.63) is 51.8 Å². The van der Waals surface area contributed by atoms with Crippen LogP contribution in [-0.4, -0.2) is 11.0 Å². The number of carbonyl (C=O) groups is 1. The Hall–Kier alpha value is -2.22. The Morgan fingerprint density at radius 2 is 1.86 bits per heavy atom. The van der Waals surface area contributed by atoms with Crippen LogP contribution in [0.4, 0.5) is 24.5 Å². The van der Waals surface area contributed by atoms with Crippen molar-refractivity contribution in [2.75, 3.05) is 11.1 Å². The first kappa shape index (κ1) is 15.2. The van der Waals surface area contributed by atoms with Gasteiger partial charge >= 0.3 is 0 Å². The normalized spacial score (nSPS) is 10.5. The Morgan fingerprint density at radius 1 is 1.19 bits per heavy atom. The quantitative estimate of drug-likeness (QED) is 0.567. The maximum Gasteiger partial charge on any atom is 0.258 e. The van der Waals surface area contributed by atoms with Gasteiger partial charge in [-0.25, -0.2) is 8.78 Å². The molecule has 0 heterocycles. The van der Waals surface area contributed by atoms with Crippen molar-refractivity contribution in [3.63, 3.8) is 0 Å². The van der Waals surface area contributed by atoms with Gasteiger partial charge < -0.3 is 16.2 Å². The van der Waals surface area contributed by atoms with Crippen LogP contribution in [0, 0.1) is 17.5 Å². The number of benzene rings is 2. The molecular formula is C13H8BrF3N2O2. The second kappa shape index (κ2) is 5.65. The predicted molar refractivity (Wildman–Crippen MR) is 74.5 cm³/mol. The van der Waals surface area contributed by atoms with E-state index >= 15 is 0 Å². The minimum atomic E-state index is -1.75. The molecule has 0 atom stereocenters. The average molecular weight is 361 g/mol. The van der Waals surface area contributed by atoms with Crippen molar-refractivity contribution in [1.82, 2.24) is 0 Å². The summed E-state index contributed by atoms with van der Waals surface area (Å²) >= 11 is 3.14. The number of nitrogen functional groups attached to an aromatic ring is 1. The van der Waals surface area contributed by atoms with Gasteiger partial charge in [-0.15, -0.1) is 0 Å². The molecule has 0 aliphatic heterocycles. The standard InChI is InChI=1S/C13H8BrF3N2O2/c14-7-3-5(1-2-9(7)18)19-13(21)6-4-8(15)11(17)12(20)10(6)16/h1-4,20H,18H2,(H,19,21). The van der Waals surface area contributed by atoms with Crippen molar-refractivity contribution in [2.24, 2.45) is 0 Å². The van der Waals surface area contributed by atoms with Gasteiger partial charge in [0.15, 0.2) is 17.4 Å². The maximum atomic E-state index is 13.6. The molecule has 0 fully saturated rings. The number of rotatable bonds is 2. The van der Waals surface area contributed by atoms with Gasteiger partial charge in [-0.2, -0.15) is 4.39 Å². The number of carbonyl (C=O) groups excluding carboxylic acids is 1. The van der Waals surface area contributed by atoms with Crippen LogP contribution in [0.25, 0.3) is 0 Å². The molecule has 0 spiro atoms. The minimum absolute atomic E-state index is 0.254. The van der Waals surface area contributed by atoms with Crippen LogP contribution >= 0.6 is 15.9 Å². The number of hydrogen-bond acceptors (Lipinski definition) is 3. The Labute approximate surface area is 125 Å². The highest BCUT2D eigenvalue weighted by Crippen LogP contribution is 2.27. The number of hydrogen-bond donors (Lipinski definition) is 3. The first-order valence-corrected chi connectivity index (χ1v) is 6.33. The second-order valence-electron chi connectivity index (χ2n) is 4.07. The first-order valence-electron chi connectivity index (χ1n) is 5.54. The lowest BCUT2D eigenvalue weighted by molar-refractivity contribution is 0.102. The van der Waals surface area contributed by atoms with Crippen LogP contribution < -0.4 is 11.1 Å². The van der Waals surface area contributed by atoms with E-state index in [9.17, 15) is 18.0 Å². The Balaban J connectivity index is 2.35. The summed E-state index contributed by atoms with van der Waals surface area (Å²) in [4.78, 5) is 11.8. The molecule has 0 unspecified atom stereocenters. The van der Waals surface area contributed by atoms with Gasteiger partial charge in [-0.05, 0) is 40.2 Å². The zero-order chi connectivity index (χ0) is 15.7. The fourth-order valence-electron chi connectivity index (χ4n) is 1.56. The van der Waals surface area contributed by atoms with Gasteiger partial charge in [0.2, 0.25) is 5.82 Å². The highest BCUT2D eigenvalue weighted by Gasteiger charge is 2.22. The number of anilines is 2. The van der Waals surface area contributed by atoms with Crippen molar-refractivity contribution < 1.29 is 23.1 Å². The molecule has 2 rings (SSSR count). The highest BCUT2D eigenvalue weighted by molar-refractivity contribution is 9.10. The Morgan fingerprint density at radius 3 is 2.48 bits per heavy atom. The molecule has 0 aliphatic rings.